The lowest BCUT2D eigenvalue weighted by molar-refractivity contribution is -0.137. The summed E-state index contributed by atoms with van der Waals surface area (Å²) in [5.41, 5.74) is 3.83. The number of aryl methyl sites for hydroxylation is 2. The van der Waals surface area contributed by atoms with Gasteiger partial charge in [-0.15, -0.1) is 0 Å². The summed E-state index contributed by atoms with van der Waals surface area (Å²) in [6.07, 6.45) is -4.39. The van der Waals surface area contributed by atoms with Crippen LogP contribution < -0.4 is 0 Å². The van der Waals surface area contributed by atoms with Crippen molar-refractivity contribution in [2.45, 2.75) is 20.0 Å². The number of hydrogen-bond donors (Lipinski definition) is 0. The standard InChI is InChI=1S/C21H17F3/c1-14-7-3-5-9-17(14)16-11-12-20(21(22,23)24)19(13-16)18-10-6-4-8-15(18)2/h3-13H,1-2H3. The van der Waals surface area contributed by atoms with Gasteiger partial charge in [-0.2, -0.15) is 13.2 Å². The number of rotatable bonds is 2. The van der Waals surface area contributed by atoms with Gasteiger partial charge in [0.1, 0.15) is 0 Å². The minimum Gasteiger partial charge on any atom is -0.166 e. The Morgan fingerprint density at radius 3 is 1.71 bits per heavy atom. The molecule has 0 fully saturated rings. The van der Waals surface area contributed by atoms with Gasteiger partial charge in [-0.3, -0.25) is 0 Å². The SMILES string of the molecule is Cc1ccccc1-c1ccc(C(F)(F)F)c(-c2ccccc2C)c1. The van der Waals surface area contributed by atoms with Crippen molar-refractivity contribution in [2.24, 2.45) is 0 Å². The summed E-state index contributed by atoms with van der Waals surface area (Å²) in [4.78, 5) is 0. The zero-order valence-electron chi connectivity index (χ0n) is 13.5. The van der Waals surface area contributed by atoms with Crippen LogP contribution >= 0.6 is 0 Å². The molecule has 24 heavy (non-hydrogen) atoms. The number of hydrogen-bond acceptors (Lipinski definition) is 0. The Hall–Kier alpha value is -2.55. The second-order valence-corrected chi connectivity index (χ2v) is 5.89. The van der Waals surface area contributed by atoms with Gasteiger partial charge in [0.25, 0.3) is 0 Å². The largest absolute Gasteiger partial charge is 0.417 e. The van der Waals surface area contributed by atoms with E-state index in [0.29, 0.717) is 5.56 Å². The van der Waals surface area contributed by atoms with Crippen molar-refractivity contribution in [2.75, 3.05) is 0 Å². The number of halogens is 3. The van der Waals surface area contributed by atoms with E-state index in [1.54, 1.807) is 24.3 Å². The maximum absolute atomic E-state index is 13.5. The number of benzene rings is 3. The first-order valence-corrected chi connectivity index (χ1v) is 7.71. The zero-order chi connectivity index (χ0) is 17.3. The van der Waals surface area contributed by atoms with Crippen molar-refractivity contribution < 1.29 is 13.2 Å². The Morgan fingerprint density at radius 2 is 1.17 bits per heavy atom. The van der Waals surface area contributed by atoms with Crippen LogP contribution in [0.15, 0.2) is 66.7 Å². The van der Waals surface area contributed by atoms with Crippen molar-refractivity contribution in [3.8, 4) is 22.3 Å². The summed E-state index contributed by atoms with van der Waals surface area (Å²) in [5, 5.41) is 0. The fourth-order valence-corrected chi connectivity index (χ4v) is 2.95. The van der Waals surface area contributed by atoms with E-state index in [1.807, 2.05) is 50.2 Å². The van der Waals surface area contributed by atoms with Crippen LogP contribution in [-0.2, 0) is 6.18 Å². The molecule has 0 aromatic heterocycles. The minimum atomic E-state index is -4.39. The van der Waals surface area contributed by atoms with Crippen molar-refractivity contribution in [3.05, 3.63) is 83.4 Å². The maximum Gasteiger partial charge on any atom is 0.417 e. The van der Waals surface area contributed by atoms with Crippen LogP contribution in [0.5, 0.6) is 0 Å². The molecule has 0 nitrogen and oxygen atoms in total. The topological polar surface area (TPSA) is 0 Å². The van der Waals surface area contributed by atoms with Crippen LogP contribution in [0.4, 0.5) is 13.2 Å². The predicted octanol–water partition coefficient (Wildman–Crippen LogP) is 6.66. The third-order valence-electron chi connectivity index (χ3n) is 4.22. The molecule has 0 heterocycles. The van der Waals surface area contributed by atoms with E-state index in [1.165, 1.54) is 6.07 Å². The Kier molecular flexibility index (Phi) is 4.18. The Morgan fingerprint density at radius 1 is 0.625 bits per heavy atom. The van der Waals surface area contributed by atoms with E-state index in [-0.39, 0.29) is 5.56 Å². The molecule has 0 aliphatic heterocycles. The molecule has 3 heteroatoms. The molecule has 0 bridgehead atoms. The third kappa shape index (κ3) is 3.07. The van der Waals surface area contributed by atoms with Gasteiger partial charge in [-0.1, -0.05) is 54.6 Å². The molecule has 0 radical (unpaired) electrons. The second kappa shape index (κ2) is 6.16. The van der Waals surface area contributed by atoms with E-state index in [4.69, 9.17) is 0 Å². The predicted molar refractivity (Wildman–Crippen MR) is 91.8 cm³/mol. The first kappa shape index (κ1) is 16.3. The van der Waals surface area contributed by atoms with E-state index >= 15 is 0 Å². The number of alkyl halides is 3. The average Bonchev–Trinajstić information content (AvgIpc) is 2.54. The smallest absolute Gasteiger partial charge is 0.166 e. The van der Waals surface area contributed by atoms with Crippen molar-refractivity contribution in [1.82, 2.24) is 0 Å². The van der Waals surface area contributed by atoms with Crippen LogP contribution in [0, 0.1) is 13.8 Å². The van der Waals surface area contributed by atoms with Gasteiger partial charge in [0.15, 0.2) is 0 Å². The van der Waals surface area contributed by atoms with Crippen LogP contribution in [0.2, 0.25) is 0 Å². The fraction of sp³-hybridized carbons (Fsp3) is 0.143. The average molecular weight is 326 g/mol. The summed E-state index contributed by atoms with van der Waals surface area (Å²) in [5.74, 6) is 0. The third-order valence-corrected chi connectivity index (χ3v) is 4.22. The van der Waals surface area contributed by atoms with E-state index in [0.717, 1.165) is 22.3 Å². The molecule has 0 amide bonds. The van der Waals surface area contributed by atoms with Gasteiger partial charge in [0.05, 0.1) is 5.56 Å². The molecule has 3 aromatic carbocycles. The Balaban J connectivity index is 2.27. The molecule has 122 valence electrons. The monoisotopic (exact) mass is 326 g/mol. The fourth-order valence-electron chi connectivity index (χ4n) is 2.95. The molecular formula is C21H17F3. The van der Waals surface area contributed by atoms with Gasteiger partial charge >= 0.3 is 6.18 Å². The Labute approximate surface area is 139 Å². The normalized spacial score (nSPS) is 11.5. The highest BCUT2D eigenvalue weighted by Crippen LogP contribution is 2.40. The quantitative estimate of drug-likeness (QED) is 0.494. The lowest BCUT2D eigenvalue weighted by atomic mass is 9.91. The zero-order valence-corrected chi connectivity index (χ0v) is 13.5. The lowest BCUT2D eigenvalue weighted by Crippen LogP contribution is -2.07. The summed E-state index contributed by atoms with van der Waals surface area (Å²) in [6, 6.07) is 19.3. The van der Waals surface area contributed by atoms with Gasteiger partial charge in [-0.05, 0) is 59.4 Å². The Bertz CT molecular complexity index is 876. The van der Waals surface area contributed by atoms with Crippen LogP contribution in [0.3, 0.4) is 0 Å². The van der Waals surface area contributed by atoms with Crippen LogP contribution in [0.25, 0.3) is 22.3 Å². The molecule has 0 saturated heterocycles. The minimum absolute atomic E-state index is 0.223. The summed E-state index contributed by atoms with van der Waals surface area (Å²) in [6.45, 7) is 3.79. The maximum atomic E-state index is 13.5. The highest BCUT2D eigenvalue weighted by molar-refractivity contribution is 5.78. The first-order valence-electron chi connectivity index (χ1n) is 7.71. The highest BCUT2D eigenvalue weighted by Gasteiger charge is 2.34. The molecule has 0 spiro atoms. The van der Waals surface area contributed by atoms with Crippen molar-refractivity contribution in [3.63, 3.8) is 0 Å². The van der Waals surface area contributed by atoms with Gasteiger partial charge in [0.2, 0.25) is 0 Å². The van der Waals surface area contributed by atoms with Crippen molar-refractivity contribution in [1.29, 1.82) is 0 Å². The molecule has 0 aliphatic rings. The first-order chi connectivity index (χ1) is 11.4. The van der Waals surface area contributed by atoms with Crippen LogP contribution in [0.1, 0.15) is 16.7 Å². The summed E-state index contributed by atoms with van der Waals surface area (Å²) < 4.78 is 40.4. The van der Waals surface area contributed by atoms with Gasteiger partial charge < -0.3 is 0 Å². The van der Waals surface area contributed by atoms with E-state index < -0.39 is 11.7 Å². The van der Waals surface area contributed by atoms with E-state index in [2.05, 4.69) is 0 Å². The van der Waals surface area contributed by atoms with Gasteiger partial charge in [0, 0.05) is 0 Å². The van der Waals surface area contributed by atoms with E-state index in [9.17, 15) is 13.2 Å². The molecule has 3 rings (SSSR count). The summed E-state index contributed by atoms with van der Waals surface area (Å²) >= 11 is 0. The molecule has 0 aliphatic carbocycles. The lowest BCUT2D eigenvalue weighted by Gasteiger charge is -2.17. The molecular weight excluding hydrogens is 309 g/mol. The molecule has 0 unspecified atom stereocenters. The molecule has 0 saturated carbocycles. The molecule has 0 atom stereocenters. The van der Waals surface area contributed by atoms with Gasteiger partial charge in [-0.25, -0.2) is 0 Å². The summed E-state index contributed by atoms with van der Waals surface area (Å²) in [7, 11) is 0. The van der Waals surface area contributed by atoms with Crippen molar-refractivity contribution >= 4 is 0 Å². The second-order valence-electron chi connectivity index (χ2n) is 5.89. The van der Waals surface area contributed by atoms with Crippen LogP contribution in [-0.4, -0.2) is 0 Å². The highest BCUT2D eigenvalue weighted by atomic mass is 19.4. The molecule has 3 aromatic rings. The molecule has 0 N–H and O–H groups in total.